The van der Waals surface area contributed by atoms with Crippen molar-refractivity contribution >= 4 is 7.12 Å². The van der Waals surface area contributed by atoms with E-state index in [1.54, 1.807) is 0 Å². The van der Waals surface area contributed by atoms with Crippen LogP contribution in [0, 0.1) is 63.6 Å². The molecule has 1 spiro atoms. The second-order valence-corrected chi connectivity index (χ2v) is 7.66. The molecule has 0 aromatic rings. The first kappa shape index (κ1) is 21.6. The Morgan fingerprint density at radius 3 is 2.18 bits per heavy atom. The number of hydrogen-bond donors (Lipinski definition) is 0. The molecule has 148 valence electrons. The van der Waals surface area contributed by atoms with Crippen LogP contribution in [0.15, 0.2) is 0 Å². The molecule has 28 heavy (non-hydrogen) atoms. The van der Waals surface area contributed by atoms with E-state index in [0.717, 1.165) is 31.5 Å². The first-order valence-corrected chi connectivity index (χ1v) is 9.99. The van der Waals surface area contributed by atoms with Gasteiger partial charge in [0.2, 0.25) is 0 Å². The van der Waals surface area contributed by atoms with Gasteiger partial charge in [0, 0.05) is 18.7 Å². The quantitative estimate of drug-likeness (QED) is 0.606. The van der Waals surface area contributed by atoms with Gasteiger partial charge < -0.3 is 23.5 Å². The zero-order valence-corrected chi connectivity index (χ0v) is 16.8. The average Bonchev–Trinajstić information content (AvgIpc) is 3.48. The standard InChI is InChI=1S/C16H20BO5.C5H5.Fe/c1-4-8-16(9-5-1)20-14-13-12(19-15(14)21-16)10-18-17(22-13)11-6-2-3-7-11;1-2-4-5-3-1;/h2-3,6-7,12-15H,1,4-5,8-10H2;1-5H;/q;;+2/t12-,13+,14-,15-;;/m1../s1. The van der Waals surface area contributed by atoms with E-state index in [1.807, 2.05) is 57.8 Å². The van der Waals surface area contributed by atoms with Gasteiger partial charge in [-0.3, -0.25) is 0 Å². The summed E-state index contributed by atoms with van der Waals surface area (Å²) in [7, 11) is -0.329. The summed E-state index contributed by atoms with van der Waals surface area (Å²) in [6, 6.07) is 0. The van der Waals surface area contributed by atoms with E-state index in [4.69, 9.17) is 23.5 Å². The third kappa shape index (κ3) is 4.51. The molecule has 6 aliphatic rings. The maximum absolute atomic E-state index is 6.32. The first-order chi connectivity index (χ1) is 13.3. The summed E-state index contributed by atoms with van der Waals surface area (Å²) in [5.74, 6) is 0.615. The third-order valence-corrected chi connectivity index (χ3v) is 5.77. The van der Waals surface area contributed by atoms with Gasteiger partial charge in [-0.15, -0.1) is 0 Å². The summed E-state index contributed by atoms with van der Waals surface area (Å²) in [4.78, 5) is 0. The minimum absolute atomic E-state index is 0. The predicted octanol–water partition coefficient (Wildman–Crippen LogP) is 2.65. The molecule has 5 nitrogen and oxygen atoms in total. The van der Waals surface area contributed by atoms with Gasteiger partial charge in [0.15, 0.2) is 12.1 Å². The van der Waals surface area contributed by atoms with Crippen molar-refractivity contribution in [1.29, 1.82) is 0 Å². The van der Waals surface area contributed by atoms with E-state index in [2.05, 4.69) is 0 Å². The Bertz CT molecular complexity index is 486. The molecule has 3 aliphatic heterocycles. The summed E-state index contributed by atoms with van der Waals surface area (Å²) in [6.45, 7) is 0.521. The van der Waals surface area contributed by atoms with Gasteiger partial charge in [0.25, 0.3) is 0 Å². The van der Waals surface area contributed by atoms with Crippen molar-refractivity contribution in [3.63, 3.8) is 0 Å². The van der Waals surface area contributed by atoms with Crippen molar-refractivity contribution < 1.29 is 40.6 Å². The van der Waals surface area contributed by atoms with Gasteiger partial charge in [0.05, 0.1) is 6.61 Å². The molecule has 6 fully saturated rings. The van der Waals surface area contributed by atoms with Crippen LogP contribution in [0.25, 0.3) is 0 Å². The summed E-state index contributed by atoms with van der Waals surface area (Å²) >= 11 is 0. The van der Waals surface area contributed by atoms with Crippen LogP contribution in [-0.4, -0.2) is 44.1 Å². The Labute approximate surface area is 180 Å². The molecule has 0 unspecified atom stereocenters. The van der Waals surface area contributed by atoms with Crippen LogP contribution in [0.4, 0.5) is 0 Å². The Balaban J connectivity index is 0.000000282. The molecule has 3 saturated heterocycles. The summed E-state index contributed by atoms with van der Waals surface area (Å²) < 4.78 is 30.4. The van der Waals surface area contributed by atoms with Crippen LogP contribution in [0.5, 0.6) is 0 Å². The van der Waals surface area contributed by atoms with E-state index in [9.17, 15) is 0 Å². The molecule has 6 rings (SSSR count). The zero-order chi connectivity index (χ0) is 18.1. The summed E-state index contributed by atoms with van der Waals surface area (Å²) in [5, 5.41) is 0. The van der Waals surface area contributed by atoms with E-state index in [0.29, 0.717) is 6.61 Å². The van der Waals surface area contributed by atoms with Crippen molar-refractivity contribution in [3.8, 4) is 0 Å². The number of fused-ring (bicyclic) bond motifs is 3. The number of ether oxygens (including phenoxy) is 3. The van der Waals surface area contributed by atoms with Gasteiger partial charge in [-0.25, -0.2) is 0 Å². The molecule has 3 aliphatic carbocycles. The molecule has 0 bridgehead atoms. The fourth-order valence-electron chi connectivity index (χ4n) is 4.43. The van der Waals surface area contributed by atoms with Crippen LogP contribution < -0.4 is 0 Å². The molecule has 4 atom stereocenters. The largest absolute Gasteiger partial charge is 2.00 e. The number of hydrogen-bond acceptors (Lipinski definition) is 5. The Hall–Kier alpha value is 0.384. The van der Waals surface area contributed by atoms with E-state index in [-0.39, 0.29) is 48.8 Å². The summed E-state index contributed by atoms with van der Waals surface area (Å²) in [6.07, 6.45) is 22.9. The SMILES string of the molecule is [CH]1[CH][CH][CH][CH]1.[CH]1[CH][CH][C](B2OC[C@H]3O[C@@H]4OC5(CCCCC5)O[C@@H]4[C@H]3O2)[CH]1.[Fe+2]. The van der Waals surface area contributed by atoms with Gasteiger partial charge in [0.1, 0.15) is 18.3 Å². The minimum atomic E-state index is -0.435. The zero-order valence-electron chi connectivity index (χ0n) is 15.7. The molecule has 0 aromatic heterocycles. The maximum Gasteiger partial charge on any atom is 2.00 e. The first-order valence-electron chi connectivity index (χ1n) is 9.99. The molecule has 0 amide bonds. The Morgan fingerprint density at radius 2 is 1.50 bits per heavy atom. The van der Waals surface area contributed by atoms with Gasteiger partial charge in [-0.1, -0.05) is 6.42 Å². The normalized spacial score (nSPS) is 39.2. The van der Waals surface area contributed by atoms with Crippen molar-refractivity contribution in [2.75, 3.05) is 6.61 Å². The molecule has 7 heteroatoms. The van der Waals surface area contributed by atoms with Crippen LogP contribution in [0.3, 0.4) is 0 Å². The minimum Gasteiger partial charge on any atom is -0.408 e. The topological polar surface area (TPSA) is 46.2 Å². The fourth-order valence-corrected chi connectivity index (χ4v) is 4.43. The van der Waals surface area contributed by atoms with Crippen LogP contribution in [-0.2, 0) is 40.6 Å². The van der Waals surface area contributed by atoms with Crippen molar-refractivity contribution in [1.82, 2.24) is 0 Å². The molecule has 0 N–H and O–H groups in total. The van der Waals surface area contributed by atoms with Crippen molar-refractivity contribution in [3.05, 3.63) is 63.6 Å². The monoisotopic (exact) mass is 424 g/mol. The Kier molecular flexibility index (Phi) is 7.47. The molecule has 3 heterocycles. The third-order valence-electron chi connectivity index (χ3n) is 5.77. The molecular weight excluding hydrogens is 399 g/mol. The smallest absolute Gasteiger partial charge is 0.408 e. The Morgan fingerprint density at radius 1 is 0.821 bits per heavy atom. The fraction of sp³-hybridized carbons (Fsp3) is 0.524. The second-order valence-electron chi connectivity index (χ2n) is 7.66. The van der Waals surface area contributed by atoms with Crippen LogP contribution in [0.2, 0.25) is 0 Å². The van der Waals surface area contributed by atoms with Crippen molar-refractivity contribution in [2.24, 2.45) is 0 Å². The van der Waals surface area contributed by atoms with Crippen LogP contribution in [0.1, 0.15) is 32.1 Å². The molecule has 3 saturated carbocycles. The predicted molar refractivity (Wildman–Crippen MR) is 99.0 cm³/mol. The van der Waals surface area contributed by atoms with E-state index < -0.39 is 5.79 Å². The molecule has 10 radical (unpaired) electrons. The van der Waals surface area contributed by atoms with Crippen LogP contribution >= 0.6 is 0 Å². The molecule has 0 aromatic carbocycles. The van der Waals surface area contributed by atoms with Gasteiger partial charge in [-0.2, -0.15) is 0 Å². The van der Waals surface area contributed by atoms with Gasteiger partial charge >= 0.3 is 24.2 Å². The number of rotatable bonds is 1. The van der Waals surface area contributed by atoms with Gasteiger partial charge in [-0.05, 0) is 70.6 Å². The van der Waals surface area contributed by atoms with Crippen molar-refractivity contribution in [2.45, 2.75) is 62.5 Å². The summed E-state index contributed by atoms with van der Waals surface area (Å²) in [5.41, 5.74) is 0. The van der Waals surface area contributed by atoms with E-state index >= 15 is 0 Å². The molecular formula is C21H25BFeO5+2. The second kappa shape index (κ2) is 9.68. The van der Waals surface area contributed by atoms with E-state index in [1.165, 1.54) is 6.42 Å². The maximum atomic E-state index is 6.32. The average molecular weight is 424 g/mol.